The van der Waals surface area contributed by atoms with E-state index in [-0.39, 0.29) is 5.92 Å². The smallest absolute Gasteiger partial charge is 0.138 e. The van der Waals surface area contributed by atoms with E-state index in [0.29, 0.717) is 24.9 Å². The van der Waals surface area contributed by atoms with Crippen molar-refractivity contribution in [2.45, 2.75) is 26.2 Å². The van der Waals surface area contributed by atoms with Crippen molar-refractivity contribution in [2.24, 2.45) is 0 Å². The van der Waals surface area contributed by atoms with Crippen LogP contribution in [0.3, 0.4) is 0 Å². The molecule has 4 nitrogen and oxygen atoms in total. The number of ether oxygens (including phenoxy) is 1. The van der Waals surface area contributed by atoms with E-state index >= 15 is 0 Å². The van der Waals surface area contributed by atoms with Crippen LogP contribution in [0.2, 0.25) is 5.15 Å². The van der Waals surface area contributed by atoms with Crippen molar-refractivity contribution in [3.8, 4) is 0 Å². The number of nitrogens with one attached hydrogen (secondary N) is 1. The fourth-order valence-electron chi connectivity index (χ4n) is 1.54. The summed E-state index contributed by atoms with van der Waals surface area (Å²) >= 11 is 6.07. The second-order valence-electron chi connectivity index (χ2n) is 4.20. The molecule has 1 aromatic rings. The van der Waals surface area contributed by atoms with Gasteiger partial charge in [0.2, 0.25) is 0 Å². The molecule has 0 aromatic carbocycles. The van der Waals surface area contributed by atoms with Gasteiger partial charge in [-0.1, -0.05) is 31.5 Å². The first kappa shape index (κ1) is 14.9. The molecule has 0 aliphatic rings. The zero-order valence-electron chi connectivity index (χ0n) is 10.9. The van der Waals surface area contributed by atoms with Gasteiger partial charge in [0.15, 0.2) is 0 Å². The first-order valence-corrected chi connectivity index (χ1v) is 6.47. The molecule has 1 heterocycles. The molecule has 18 heavy (non-hydrogen) atoms. The van der Waals surface area contributed by atoms with Crippen LogP contribution in [0.5, 0.6) is 0 Å². The standard InChI is InChI=1S/C13H20ClN3O/c1-4-5-7-18-8-6-15-13-11(10(2)3)12(14)16-9-17-13/h4,9-10H,1,5-8H2,2-3H3,(H,15,16,17). The van der Waals surface area contributed by atoms with Crippen molar-refractivity contribution < 1.29 is 4.74 Å². The van der Waals surface area contributed by atoms with Crippen LogP contribution in [-0.2, 0) is 4.74 Å². The normalized spacial score (nSPS) is 10.7. The first-order valence-electron chi connectivity index (χ1n) is 6.09. The predicted molar refractivity (Wildman–Crippen MR) is 75.3 cm³/mol. The van der Waals surface area contributed by atoms with E-state index in [1.807, 2.05) is 6.08 Å². The molecule has 1 rings (SSSR count). The third-order valence-electron chi connectivity index (χ3n) is 2.42. The predicted octanol–water partition coefficient (Wildman–Crippen LogP) is 3.26. The molecule has 1 aromatic heterocycles. The van der Waals surface area contributed by atoms with Gasteiger partial charge in [-0.05, 0) is 12.3 Å². The Morgan fingerprint density at radius 2 is 2.22 bits per heavy atom. The molecule has 1 N–H and O–H groups in total. The Balaban J connectivity index is 2.47. The Bertz CT molecular complexity index is 382. The lowest BCUT2D eigenvalue weighted by Gasteiger charge is -2.14. The Morgan fingerprint density at radius 3 is 2.89 bits per heavy atom. The molecule has 0 aliphatic heterocycles. The minimum absolute atomic E-state index is 0.280. The molecule has 0 atom stereocenters. The molecule has 0 fully saturated rings. The molecular weight excluding hydrogens is 250 g/mol. The van der Waals surface area contributed by atoms with E-state index in [1.54, 1.807) is 0 Å². The number of hydrogen-bond acceptors (Lipinski definition) is 4. The van der Waals surface area contributed by atoms with Gasteiger partial charge in [0.1, 0.15) is 17.3 Å². The van der Waals surface area contributed by atoms with E-state index in [2.05, 4.69) is 35.7 Å². The SMILES string of the molecule is C=CCCOCCNc1ncnc(Cl)c1C(C)C. The number of aromatic nitrogens is 2. The average Bonchev–Trinajstić information content (AvgIpc) is 2.33. The summed E-state index contributed by atoms with van der Waals surface area (Å²) in [7, 11) is 0. The molecule has 0 spiro atoms. The maximum absolute atomic E-state index is 6.07. The van der Waals surface area contributed by atoms with Crippen molar-refractivity contribution in [2.75, 3.05) is 25.1 Å². The Hall–Kier alpha value is -1.13. The van der Waals surface area contributed by atoms with Gasteiger partial charge in [0, 0.05) is 12.1 Å². The molecule has 0 amide bonds. The minimum atomic E-state index is 0.280. The summed E-state index contributed by atoms with van der Waals surface area (Å²) < 4.78 is 5.42. The third-order valence-corrected chi connectivity index (χ3v) is 2.72. The highest BCUT2D eigenvalue weighted by Gasteiger charge is 2.12. The minimum Gasteiger partial charge on any atom is -0.379 e. The van der Waals surface area contributed by atoms with Crippen LogP contribution in [0.1, 0.15) is 31.7 Å². The molecule has 0 radical (unpaired) electrons. The fourth-order valence-corrected chi connectivity index (χ4v) is 1.89. The fraction of sp³-hybridized carbons (Fsp3) is 0.538. The molecule has 0 aliphatic carbocycles. The summed E-state index contributed by atoms with van der Waals surface area (Å²) in [5.41, 5.74) is 0.949. The molecule has 0 saturated heterocycles. The molecule has 100 valence electrons. The molecular formula is C13H20ClN3O. The van der Waals surface area contributed by atoms with Crippen LogP contribution in [-0.4, -0.2) is 29.7 Å². The first-order chi connectivity index (χ1) is 8.66. The number of nitrogens with zero attached hydrogens (tertiary/aromatic N) is 2. The zero-order chi connectivity index (χ0) is 13.4. The second kappa shape index (κ2) is 8.06. The van der Waals surface area contributed by atoms with E-state index in [4.69, 9.17) is 16.3 Å². The van der Waals surface area contributed by atoms with Crippen molar-refractivity contribution in [1.82, 2.24) is 9.97 Å². The topological polar surface area (TPSA) is 47.0 Å². The van der Waals surface area contributed by atoms with Gasteiger partial charge in [-0.3, -0.25) is 0 Å². The van der Waals surface area contributed by atoms with E-state index < -0.39 is 0 Å². The highest BCUT2D eigenvalue weighted by Crippen LogP contribution is 2.27. The third kappa shape index (κ3) is 4.63. The lowest BCUT2D eigenvalue weighted by molar-refractivity contribution is 0.149. The largest absolute Gasteiger partial charge is 0.379 e. The van der Waals surface area contributed by atoms with Gasteiger partial charge in [0.05, 0.1) is 13.2 Å². The summed E-state index contributed by atoms with van der Waals surface area (Å²) in [4.78, 5) is 8.22. The van der Waals surface area contributed by atoms with Crippen LogP contribution >= 0.6 is 11.6 Å². The van der Waals surface area contributed by atoms with Crippen molar-refractivity contribution in [3.63, 3.8) is 0 Å². The summed E-state index contributed by atoms with van der Waals surface area (Å²) in [6.45, 7) is 9.80. The van der Waals surface area contributed by atoms with Gasteiger partial charge >= 0.3 is 0 Å². The maximum Gasteiger partial charge on any atom is 0.138 e. The maximum atomic E-state index is 6.07. The summed E-state index contributed by atoms with van der Waals surface area (Å²) in [5, 5.41) is 3.74. The van der Waals surface area contributed by atoms with Crippen LogP contribution in [0.25, 0.3) is 0 Å². The Kier molecular flexibility index (Phi) is 6.68. The summed E-state index contributed by atoms with van der Waals surface area (Å²) in [5.74, 6) is 1.07. The van der Waals surface area contributed by atoms with Gasteiger partial charge in [-0.25, -0.2) is 9.97 Å². The van der Waals surface area contributed by atoms with Gasteiger partial charge in [-0.15, -0.1) is 6.58 Å². The summed E-state index contributed by atoms with van der Waals surface area (Å²) in [6, 6.07) is 0. The summed E-state index contributed by atoms with van der Waals surface area (Å²) in [6.07, 6.45) is 4.18. The monoisotopic (exact) mass is 269 g/mol. The molecule has 0 unspecified atom stereocenters. The van der Waals surface area contributed by atoms with Crippen LogP contribution in [0.15, 0.2) is 19.0 Å². The Morgan fingerprint density at radius 1 is 1.44 bits per heavy atom. The lowest BCUT2D eigenvalue weighted by atomic mass is 10.1. The zero-order valence-corrected chi connectivity index (χ0v) is 11.7. The van der Waals surface area contributed by atoms with Crippen molar-refractivity contribution in [1.29, 1.82) is 0 Å². The number of anilines is 1. The quantitative estimate of drug-likeness (QED) is 0.447. The highest BCUT2D eigenvalue weighted by molar-refractivity contribution is 6.30. The molecule has 0 saturated carbocycles. The van der Waals surface area contributed by atoms with Crippen LogP contribution in [0, 0.1) is 0 Å². The number of rotatable bonds is 8. The lowest BCUT2D eigenvalue weighted by Crippen LogP contribution is -2.13. The van der Waals surface area contributed by atoms with E-state index in [0.717, 1.165) is 17.8 Å². The Labute approximate surface area is 113 Å². The van der Waals surface area contributed by atoms with Crippen LogP contribution < -0.4 is 5.32 Å². The molecule has 0 bridgehead atoms. The van der Waals surface area contributed by atoms with Crippen LogP contribution in [0.4, 0.5) is 5.82 Å². The number of halogens is 1. The van der Waals surface area contributed by atoms with Gasteiger partial charge in [0.25, 0.3) is 0 Å². The van der Waals surface area contributed by atoms with E-state index in [1.165, 1.54) is 6.33 Å². The van der Waals surface area contributed by atoms with Gasteiger partial charge < -0.3 is 10.1 Å². The second-order valence-corrected chi connectivity index (χ2v) is 4.56. The average molecular weight is 270 g/mol. The van der Waals surface area contributed by atoms with Crippen molar-refractivity contribution >= 4 is 17.4 Å². The highest BCUT2D eigenvalue weighted by atomic mass is 35.5. The van der Waals surface area contributed by atoms with Crippen molar-refractivity contribution in [3.05, 3.63) is 29.7 Å². The van der Waals surface area contributed by atoms with Gasteiger partial charge in [-0.2, -0.15) is 0 Å². The van der Waals surface area contributed by atoms with E-state index in [9.17, 15) is 0 Å². The number of hydrogen-bond donors (Lipinski definition) is 1. The molecule has 5 heteroatoms.